The number of hydrogen-bond donors (Lipinski definition) is 1. The van der Waals surface area contributed by atoms with E-state index in [1.54, 1.807) is 44.6 Å². The number of rotatable bonds is 3. The molecule has 112 valence electrons. The lowest BCUT2D eigenvalue weighted by Crippen LogP contribution is -1.98. The molecule has 0 aliphatic carbocycles. The average Bonchev–Trinajstić information content (AvgIpc) is 2.82. The number of phenols is 1. The highest BCUT2D eigenvalue weighted by molar-refractivity contribution is 6.14. The number of allylic oxidation sites excluding steroid dienone is 1. The first-order valence-electron chi connectivity index (χ1n) is 6.61. The highest BCUT2D eigenvalue weighted by atomic mass is 16.5. The first-order valence-corrected chi connectivity index (χ1v) is 6.61. The number of methoxy groups -OCH3 is 2. The molecule has 3 rings (SSSR count). The van der Waals surface area contributed by atoms with Gasteiger partial charge in [-0.3, -0.25) is 4.79 Å². The Bertz CT molecular complexity index is 777. The quantitative estimate of drug-likeness (QED) is 0.882. The number of carbonyl (C=O) groups is 1. The summed E-state index contributed by atoms with van der Waals surface area (Å²) in [5.41, 5.74) is 1.18. The summed E-state index contributed by atoms with van der Waals surface area (Å²) in [4.78, 5) is 12.3. The first-order chi connectivity index (χ1) is 10.6. The van der Waals surface area contributed by atoms with E-state index in [0.29, 0.717) is 22.8 Å². The fourth-order valence-corrected chi connectivity index (χ4v) is 2.27. The van der Waals surface area contributed by atoms with Gasteiger partial charge < -0.3 is 19.3 Å². The van der Waals surface area contributed by atoms with Gasteiger partial charge in [-0.15, -0.1) is 0 Å². The summed E-state index contributed by atoms with van der Waals surface area (Å²) in [5.74, 6) is 1.57. The normalized spacial score (nSPS) is 14.6. The van der Waals surface area contributed by atoms with Gasteiger partial charge in [-0.25, -0.2) is 0 Å². The Morgan fingerprint density at radius 3 is 2.55 bits per heavy atom. The van der Waals surface area contributed by atoms with Gasteiger partial charge in [0.15, 0.2) is 17.3 Å². The van der Waals surface area contributed by atoms with Gasteiger partial charge in [0, 0.05) is 6.07 Å². The van der Waals surface area contributed by atoms with Crippen molar-refractivity contribution in [2.24, 2.45) is 0 Å². The maximum Gasteiger partial charge on any atom is 0.231 e. The molecule has 0 atom stereocenters. The van der Waals surface area contributed by atoms with E-state index in [2.05, 4.69) is 0 Å². The van der Waals surface area contributed by atoms with E-state index >= 15 is 0 Å². The van der Waals surface area contributed by atoms with E-state index in [4.69, 9.17) is 14.2 Å². The monoisotopic (exact) mass is 298 g/mol. The summed E-state index contributed by atoms with van der Waals surface area (Å²) >= 11 is 0. The van der Waals surface area contributed by atoms with Gasteiger partial charge >= 0.3 is 0 Å². The molecule has 5 heteroatoms. The summed E-state index contributed by atoms with van der Waals surface area (Å²) in [6.07, 6.45) is 1.63. The number of fused-ring (bicyclic) bond motifs is 1. The van der Waals surface area contributed by atoms with Crippen LogP contribution in [0.1, 0.15) is 15.9 Å². The molecule has 1 N–H and O–H groups in total. The first kappa shape index (κ1) is 14.0. The Morgan fingerprint density at radius 1 is 1.05 bits per heavy atom. The van der Waals surface area contributed by atoms with Crippen LogP contribution in [-0.4, -0.2) is 25.1 Å². The van der Waals surface area contributed by atoms with Gasteiger partial charge in [0.2, 0.25) is 5.78 Å². The van der Waals surface area contributed by atoms with Gasteiger partial charge in [0.25, 0.3) is 0 Å². The number of benzene rings is 2. The third-order valence-electron chi connectivity index (χ3n) is 3.36. The van der Waals surface area contributed by atoms with E-state index in [1.165, 1.54) is 12.1 Å². The second-order valence-electron chi connectivity index (χ2n) is 4.73. The van der Waals surface area contributed by atoms with Gasteiger partial charge in [0.1, 0.15) is 11.5 Å². The number of aromatic hydroxyl groups is 1. The largest absolute Gasteiger partial charge is 0.508 e. The van der Waals surface area contributed by atoms with Crippen molar-refractivity contribution in [1.82, 2.24) is 0 Å². The van der Waals surface area contributed by atoms with E-state index in [9.17, 15) is 9.90 Å². The van der Waals surface area contributed by atoms with Gasteiger partial charge in [0.05, 0.1) is 19.8 Å². The average molecular weight is 298 g/mol. The van der Waals surface area contributed by atoms with Gasteiger partial charge in [-0.05, 0) is 35.9 Å². The second-order valence-corrected chi connectivity index (χ2v) is 4.73. The maximum atomic E-state index is 12.3. The fourth-order valence-electron chi connectivity index (χ4n) is 2.27. The molecule has 0 spiro atoms. The molecular formula is C17H14O5. The molecule has 2 aromatic rings. The summed E-state index contributed by atoms with van der Waals surface area (Å²) in [6, 6.07) is 9.72. The standard InChI is InChI=1S/C17H14O5/c1-20-13-6-3-10(7-15(13)21-2)8-16-17(19)12-5-4-11(18)9-14(12)22-16/h3-9,18H,1-2H3/b16-8-. The van der Waals surface area contributed by atoms with Gasteiger partial charge in [-0.2, -0.15) is 0 Å². The molecule has 0 radical (unpaired) electrons. The molecule has 1 aliphatic rings. The van der Waals surface area contributed by atoms with E-state index in [1.807, 2.05) is 0 Å². The zero-order chi connectivity index (χ0) is 15.7. The lowest BCUT2D eigenvalue weighted by Gasteiger charge is -2.08. The van der Waals surface area contributed by atoms with Crippen LogP contribution < -0.4 is 14.2 Å². The second kappa shape index (κ2) is 5.44. The molecule has 1 heterocycles. The molecule has 5 nitrogen and oxygen atoms in total. The topological polar surface area (TPSA) is 65.0 Å². The van der Waals surface area contributed by atoms with E-state index < -0.39 is 0 Å². The molecule has 0 aromatic heterocycles. The zero-order valence-electron chi connectivity index (χ0n) is 12.1. The predicted molar refractivity (Wildman–Crippen MR) is 80.6 cm³/mol. The Labute approximate surface area is 127 Å². The number of phenolic OH excluding ortho intramolecular Hbond substituents is 1. The van der Waals surface area contributed by atoms with Crippen molar-refractivity contribution in [1.29, 1.82) is 0 Å². The molecule has 1 aliphatic heterocycles. The van der Waals surface area contributed by atoms with Crippen LogP contribution in [0.15, 0.2) is 42.2 Å². The number of carbonyl (C=O) groups excluding carboxylic acids is 1. The summed E-state index contributed by atoms with van der Waals surface area (Å²) in [5, 5.41) is 9.44. The Morgan fingerprint density at radius 2 is 1.82 bits per heavy atom. The molecule has 0 saturated carbocycles. The van der Waals surface area contributed by atoms with Crippen molar-refractivity contribution in [2.45, 2.75) is 0 Å². The SMILES string of the molecule is COc1ccc(/C=C2\Oc3cc(O)ccc3C2=O)cc1OC. The summed E-state index contributed by atoms with van der Waals surface area (Å²) < 4.78 is 15.9. The van der Waals surface area contributed by atoms with Crippen LogP contribution in [0, 0.1) is 0 Å². The smallest absolute Gasteiger partial charge is 0.231 e. The molecule has 0 fully saturated rings. The van der Waals surface area contributed by atoms with Crippen molar-refractivity contribution in [3.63, 3.8) is 0 Å². The Kier molecular flexibility index (Phi) is 3.47. The van der Waals surface area contributed by atoms with E-state index in [0.717, 1.165) is 5.56 Å². The minimum atomic E-state index is -0.218. The minimum absolute atomic E-state index is 0.0546. The third kappa shape index (κ3) is 2.37. The Balaban J connectivity index is 1.96. The zero-order valence-corrected chi connectivity index (χ0v) is 12.1. The lowest BCUT2D eigenvalue weighted by atomic mass is 10.1. The molecule has 2 aromatic carbocycles. The van der Waals surface area contributed by atoms with E-state index in [-0.39, 0.29) is 17.3 Å². The molecular weight excluding hydrogens is 284 g/mol. The van der Waals surface area contributed by atoms with Crippen LogP contribution in [-0.2, 0) is 0 Å². The van der Waals surface area contributed by atoms with Crippen molar-refractivity contribution >= 4 is 11.9 Å². The lowest BCUT2D eigenvalue weighted by molar-refractivity contribution is 0.101. The number of ketones is 1. The van der Waals surface area contributed by atoms with Crippen molar-refractivity contribution < 1.29 is 24.1 Å². The number of hydrogen-bond acceptors (Lipinski definition) is 5. The molecule has 0 saturated heterocycles. The molecule has 22 heavy (non-hydrogen) atoms. The van der Waals surface area contributed by atoms with Crippen LogP contribution in [0.2, 0.25) is 0 Å². The minimum Gasteiger partial charge on any atom is -0.508 e. The van der Waals surface area contributed by atoms with Crippen LogP contribution in [0.4, 0.5) is 0 Å². The number of ether oxygens (including phenoxy) is 3. The Hall–Kier alpha value is -2.95. The van der Waals surface area contributed by atoms with Gasteiger partial charge in [-0.1, -0.05) is 6.07 Å². The van der Waals surface area contributed by atoms with Crippen molar-refractivity contribution in [3.05, 3.63) is 53.3 Å². The maximum absolute atomic E-state index is 12.3. The van der Waals surface area contributed by atoms with Crippen LogP contribution in [0.25, 0.3) is 6.08 Å². The van der Waals surface area contributed by atoms with Crippen molar-refractivity contribution in [2.75, 3.05) is 14.2 Å². The predicted octanol–water partition coefficient (Wildman–Crippen LogP) is 3.03. The summed E-state index contributed by atoms with van der Waals surface area (Å²) in [6.45, 7) is 0. The highest BCUT2D eigenvalue weighted by Gasteiger charge is 2.27. The molecule has 0 bridgehead atoms. The number of Topliss-reactive ketones (excluding diaryl/α,β-unsaturated/α-hetero) is 1. The van der Waals surface area contributed by atoms with Crippen LogP contribution >= 0.6 is 0 Å². The summed E-state index contributed by atoms with van der Waals surface area (Å²) in [7, 11) is 3.10. The molecule has 0 amide bonds. The fraction of sp³-hybridized carbons (Fsp3) is 0.118. The third-order valence-corrected chi connectivity index (χ3v) is 3.36. The van der Waals surface area contributed by atoms with Crippen molar-refractivity contribution in [3.8, 4) is 23.0 Å². The molecule has 0 unspecified atom stereocenters. The highest BCUT2D eigenvalue weighted by Crippen LogP contribution is 2.35. The van der Waals surface area contributed by atoms with Crippen LogP contribution in [0.3, 0.4) is 0 Å². The van der Waals surface area contributed by atoms with Crippen LogP contribution in [0.5, 0.6) is 23.0 Å².